The summed E-state index contributed by atoms with van der Waals surface area (Å²) < 4.78 is 0. The molecule has 1 aromatic carbocycles. The smallest absolute Gasteiger partial charge is 0.00109 e. The van der Waals surface area contributed by atoms with Crippen LogP contribution in [0.1, 0.15) is 44.2 Å². The van der Waals surface area contributed by atoms with E-state index in [1.807, 2.05) is 0 Å². The zero-order valence-corrected chi connectivity index (χ0v) is 11.9. The molecule has 0 saturated heterocycles. The summed E-state index contributed by atoms with van der Waals surface area (Å²) in [6, 6.07) is 9.37. The zero-order valence-electron chi connectivity index (χ0n) is 11.9. The van der Waals surface area contributed by atoms with E-state index in [9.17, 15) is 0 Å². The Labute approximate surface area is 112 Å². The van der Waals surface area contributed by atoms with Gasteiger partial charge < -0.3 is 11.1 Å². The zero-order chi connectivity index (χ0) is 13.2. The second kappa shape index (κ2) is 9.12. The van der Waals surface area contributed by atoms with Crippen molar-refractivity contribution in [1.29, 1.82) is 0 Å². The van der Waals surface area contributed by atoms with Crippen LogP contribution in [0, 0.1) is 0 Å². The molecule has 0 fully saturated rings. The lowest BCUT2D eigenvalue weighted by molar-refractivity contribution is 0.575. The largest absolute Gasteiger partial charge is 0.328 e. The van der Waals surface area contributed by atoms with Gasteiger partial charge in [0.2, 0.25) is 0 Å². The summed E-state index contributed by atoms with van der Waals surface area (Å²) in [4.78, 5) is 0. The Morgan fingerprint density at radius 2 is 1.67 bits per heavy atom. The molecule has 0 aliphatic rings. The van der Waals surface area contributed by atoms with Crippen molar-refractivity contribution < 1.29 is 0 Å². The van der Waals surface area contributed by atoms with Crippen LogP contribution in [0.4, 0.5) is 0 Å². The predicted octanol–water partition coefficient (Wildman–Crippen LogP) is 2.90. The number of nitrogens with two attached hydrogens (primary N) is 1. The Balaban J connectivity index is 2.11. The summed E-state index contributed by atoms with van der Waals surface area (Å²) in [5, 5.41) is 3.47. The molecule has 2 heteroatoms. The van der Waals surface area contributed by atoms with Crippen LogP contribution in [0.2, 0.25) is 0 Å². The molecule has 1 aromatic rings. The Kier molecular flexibility index (Phi) is 7.70. The van der Waals surface area contributed by atoms with E-state index in [1.165, 1.54) is 30.4 Å². The molecule has 0 saturated carbocycles. The number of aryl methyl sites for hydroxylation is 1. The van der Waals surface area contributed by atoms with E-state index in [2.05, 4.69) is 43.4 Å². The van der Waals surface area contributed by atoms with E-state index >= 15 is 0 Å². The predicted molar refractivity (Wildman–Crippen MR) is 79.9 cm³/mol. The minimum Gasteiger partial charge on any atom is -0.328 e. The van der Waals surface area contributed by atoms with Gasteiger partial charge in [0.25, 0.3) is 0 Å². The average molecular weight is 248 g/mol. The van der Waals surface area contributed by atoms with Crippen LogP contribution in [0.25, 0.3) is 0 Å². The molecule has 0 aromatic heterocycles. The van der Waals surface area contributed by atoms with Gasteiger partial charge in [0.05, 0.1) is 0 Å². The molecule has 102 valence electrons. The van der Waals surface area contributed by atoms with Crippen LogP contribution in [0.15, 0.2) is 24.3 Å². The highest BCUT2D eigenvalue weighted by molar-refractivity contribution is 5.22. The first kappa shape index (κ1) is 15.2. The number of rotatable bonds is 9. The van der Waals surface area contributed by atoms with Gasteiger partial charge in [-0.05, 0) is 56.8 Å². The van der Waals surface area contributed by atoms with Crippen LogP contribution < -0.4 is 11.1 Å². The molecule has 2 nitrogen and oxygen atoms in total. The molecule has 0 amide bonds. The second-order valence-electron chi connectivity index (χ2n) is 5.19. The fourth-order valence-electron chi connectivity index (χ4n) is 2.07. The Hall–Kier alpha value is -0.860. The summed E-state index contributed by atoms with van der Waals surface area (Å²) in [5.41, 5.74) is 8.58. The number of benzene rings is 1. The summed E-state index contributed by atoms with van der Waals surface area (Å²) in [5.74, 6) is 0. The summed E-state index contributed by atoms with van der Waals surface area (Å²) in [6.07, 6.45) is 5.81. The second-order valence-corrected chi connectivity index (χ2v) is 5.19. The molecule has 0 aliphatic heterocycles. The van der Waals surface area contributed by atoms with Crippen LogP contribution in [0.5, 0.6) is 0 Å². The van der Waals surface area contributed by atoms with Crippen molar-refractivity contribution in [1.82, 2.24) is 5.32 Å². The lowest BCUT2D eigenvalue weighted by atomic mass is 10.1. The highest BCUT2D eigenvalue weighted by Gasteiger charge is 1.96. The van der Waals surface area contributed by atoms with E-state index in [4.69, 9.17) is 5.73 Å². The van der Waals surface area contributed by atoms with Crippen molar-refractivity contribution in [3.63, 3.8) is 0 Å². The molecule has 0 heterocycles. The van der Waals surface area contributed by atoms with Gasteiger partial charge in [-0.3, -0.25) is 0 Å². The third-order valence-electron chi connectivity index (χ3n) is 3.17. The average Bonchev–Trinajstić information content (AvgIpc) is 2.35. The molecule has 1 rings (SSSR count). The molecule has 0 aliphatic carbocycles. The number of nitrogens with one attached hydrogen (secondary N) is 1. The van der Waals surface area contributed by atoms with Crippen LogP contribution in [0.3, 0.4) is 0 Å². The molecule has 0 spiro atoms. The molecule has 0 radical (unpaired) electrons. The maximum atomic E-state index is 5.71. The third kappa shape index (κ3) is 6.77. The molecule has 1 atom stereocenters. The fourth-order valence-corrected chi connectivity index (χ4v) is 2.07. The fraction of sp³-hybridized carbons (Fsp3) is 0.625. The summed E-state index contributed by atoms with van der Waals surface area (Å²) in [6.45, 7) is 6.43. The van der Waals surface area contributed by atoms with Crippen molar-refractivity contribution in [2.24, 2.45) is 5.73 Å². The van der Waals surface area contributed by atoms with E-state index in [-0.39, 0.29) is 0 Å². The van der Waals surface area contributed by atoms with E-state index in [0.717, 1.165) is 25.9 Å². The van der Waals surface area contributed by atoms with Crippen molar-refractivity contribution >= 4 is 0 Å². The molecular formula is C16H28N2. The first-order chi connectivity index (χ1) is 8.72. The number of hydrogen-bond donors (Lipinski definition) is 2. The Morgan fingerprint density at radius 1 is 1.06 bits per heavy atom. The van der Waals surface area contributed by atoms with Crippen molar-refractivity contribution in [3.05, 3.63) is 35.4 Å². The Bertz CT molecular complexity index is 303. The topological polar surface area (TPSA) is 38.0 Å². The standard InChI is InChI=1S/C16H28N2/c1-3-5-15-7-9-16(10-8-15)11-13-18-12-4-6-14(2)17/h7-10,14,18H,3-6,11-13,17H2,1-2H3. The van der Waals surface area contributed by atoms with Crippen LogP contribution in [-0.4, -0.2) is 19.1 Å². The third-order valence-corrected chi connectivity index (χ3v) is 3.17. The van der Waals surface area contributed by atoms with Gasteiger partial charge in [-0.15, -0.1) is 0 Å². The van der Waals surface area contributed by atoms with Gasteiger partial charge in [-0.2, -0.15) is 0 Å². The normalized spacial score (nSPS) is 12.6. The lowest BCUT2D eigenvalue weighted by Gasteiger charge is -2.07. The highest BCUT2D eigenvalue weighted by Crippen LogP contribution is 2.06. The molecule has 0 bridgehead atoms. The quantitative estimate of drug-likeness (QED) is 0.659. The van der Waals surface area contributed by atoms with Gasteiger partial charge >= 0.3 is 0 Å². The van der Waals surface area contributed by atoms with E-state index in [1.54, 1.807) is 0 Å². The Morgan fingerprint density at radius 3 is 2.22 bits per heavy atom. The van der Waals surface area contributed by atoms with Gasteiger partial charge in [0, 0.05) is 6.04 Å². The van der Waals surface area contributed by atoms with Crippen molar-refractivity contribution in [2.45, 2.75) is 52.0 Å². The highest BCUT2D eigenvalue weighted by atomic mass is 14.8. The van der Waals surface area contributed by atoms with Gasteiger partial charge in [0.15, 0.2) is 0 Å². The van der Waals surface area contributed by atoms with Crippen LogP contribution in [-0.2, 0) is 12.8 Å². The minimum absolute atomic E-state index is 0.331. The van der Waals surface area contributed by atoms with Crippen molar-refractivity contribution in [3.8, 4) is 0 Å². The molecular weight excluding hydrogens is 220 g/mol. The first-order valence-electron chi connectivity index (χ1n) is 7.26. The number of hydrogen-bond acceptors (Lipinski definition) is 2. The van der Waals surface area contributed by atoms with Gasteiger partial charge in [-0.1, -0.05) is 37.6 Å². The van der Waals surface area contributed by atoms with Gasteiger partial charge in [-0.25, -0.2) is 0 Å². The maximum absolute atomic E-state index is 5.71. The van der Waals surface area contributed by atoms with E-state index < -0.39 is 0 Å². The molecule has 1 unspecified atom stereocenters. The van der Waals surface area contributed by atoms with Crippen molar-refractivity contribution in [2.75, 3.05) is 13.1 Å². The lowest BCUT2D eigenvalue weighted by Crippen LogP contribution is -2.21. The minimum atomic E-state index is 0.331. The van der Waals surface area contributed by atoms with Crippen LogP contribution >= 0.6 is 0 Å². The van der Waals surface area contributed by atoms with Gasteiger partial charge in [0.1, 0.15) is 0 Å². The monoisotopic (exact) mass is 248 g/mol. The maximum Gasteiger partial charge on any atom is 0.00109 e. The summed E-state index contributed by atoms with van der Waals surface area (Å²) >= 11 is 0. The first-order valence-corrected chi connectivity index (χ1v) is 7.26. The summed E-state index contributed by atoms with van der Waals surface area (Å²) in [7, 11) is 0. The van der Waals surface area contributed by atoms with E-state index in [0.29, 0.717) is 6.04 Å². The SMILES string of the molecule is CCCc1ccc(CCNCCCC(C)N)cc1. The molecule has 18 heavy (non-hydrogen) atoms. The molecule has 3 N–H and O–H groups in total.